The molecule has 24 heavy (non-hydrogen) atoms. The lowest BCUT2D eigenvalue weighted by molar-refractivity contribution is 0.0934. The van der Waals surface area contributed by atoms with Crippen LogP contribution < -0.4 is 10.6 Å². The SMILES string of the molecule is CN1CCc2c(sc3c2C(=O)N[C@H](c2cc(I)cc(I)c2O)N3)C1. The molecule has 2 aliphatic rings. The Morgan fingerprint density at radius 2 is 2.12 bits per heavy atom. The van der Waals surface area contributed by atoms with Crippen molar-refractivity contribution < 1.29 is 9.90 Å². The van der Waals surface area contributed by atoms with E-state index in [0.29, 0.717) is 5.56 Å². The quantitative estimate of drug-likeness (QED) is 0.462. The van der Waals surface area contributed by atoms with Gasteiger partial charge < -0.3 is 20.6 Å². The molecule has 1 amide bonds. The van der Waals surface area contributed by atoms with Crippen molar-refractivity contribution in [3.8, 4) is 5.75 Å². The van der Waals surface area contributed by atoms with Gasteiger partial charge in [0.1, 0.15) is 16.9 Å². The Balaban J connectivity index is 1.74. The lowest BCUT2D eigenvalue weighted by Crippen LogP contribution is -2.38. The average Bonchev–Trinajstić information content (AvgIpc) is 2.88. The normalized spacial score (nSPS) is 20.1. The third kappa shape index (κ3) is 2.80. The number of likely N-dealkylation sites (N-methyl/N-ethyl adjacent to an activating group) is 1. The number of phenols is 1. The van der Waals surface area contributed by atoms with Crippen LogP contribution in [-0.2, 0) is 13.0 Å². The second-order valence-electron chi connectivity index (χ2n) is 6.07. The van der Waals surface area contributed by atoms with Gasteiger partial charge in [-0.05, 0) is 76.3 Å². The fourth-order valence-electron chi connectivity index (χ4n) is 3.20. The van der Waals surface area contributed by atoms with Crippen LogP contribution in [0.2, 0.25) is 0 Å². The summed E-state index contributed by atoms with van der Waals surface area (Å²) in [5, 5.41) is 17.7. The average molecular weight is 567 g/mol. The van der Waals surface area contributed by atoms with Crippen molar-refractivity contribution >= 4 is 67.4 Å². The number of anilines is 1. The van der Waals surface area contributed by atoms with Gasteiger partial charge in [0.25, 0.3) is 5.91 Å². The highest BCUT2D eigenvalue weighted by molar-refractivity contribution is 14.1. The molecule has 0 saturated carbocycles. The van der Waals surface area contributed by atoms with Crippen LogP contribution in [0.15, 0.2) is 12.1 Å². The maximum absolute atomic E-state index is 12.7. The van der Waals surface area contributed by atoms with Crippen molar-refractivity contribution in [2.75, 3.05) is 18.9 Å². The molecule has 1 aromatic carbocycles. The van der Waals surface area contributed by atoms with E-state index in [2.05, 4.69) is 67.8 Å². The zero-order valence-electron chi connectivity index (χ0n) is 12.8. The van der Waals surface area contributed by atoms with E-state index in [1.54, 1.807) is 11.3 Å². The van der Waals surface area contributed by atoms with Gasteiger partial charge in [-0.2, -0.15) is 0 Å². The molecule has 1 aromatic heterocycles. The lowest BCUT2D eigenvalue weighted by atomic mass is 10.0. The Morgan fingerprint density at radius 3 is 2.92 bits per heavy atom. The van der Waals surface area contributed by atoms with Crippen molar-refractivity contribution in [1.29, 1.82) is 0 Å². The molecule has 4 rings (SSSR count). The van der Waals surface area contributed by atoms with Crippen LogP contribution in [0.4, 0.5) is 5.00 Å². The maximum atomic E-state index is 12.7. The number of carbonyl (C=O) groups excluding carboxylic acids is 1. The minimum absolute atomic E-state index is 0.0518. The van der Waals surface area contributed by atoms with E-state index in [-0.39, 0.29) is 11.7 Å². The molecule has 126 valence electrons. The first-order valence-electron chi connectivity index (χ1n) is 7.52. The van der Waals surface area contributed by atoms with Crippen molar-refractivity contribution in [1.82, 2.24) is 10.2 Å². The minimum atomic E-state index is -0.411. The van der Waals surface area contributed by atoms with E-state index < -0.39 is 6.17 Å². The first-order valence-corrected chi connectivity index (χ1v) is 10.5. The number of amides is 1. The molecule has 8 heteroatoms. The summed E-state index contributed by atoms with van der Waals surface area (Å²) < 4.78 is 1.81. The molecule has 0 radical (unpaired) electrons. The van der Waals surface area contributed by atoms with Crippen LogP contribution >= 0.6 is 56.5 Å². The van der Waals surface area contributed by atoms with Crippen LogP contribution in [0.3, 0.4) is 0 Å². The molecule has 3 heterocycles. The molecule has 0 fully saturated rings. The third-order valence-corrected chi connectivity index (χ3v) is 6.99. The molecule has 0 spiro atoms. The van der Waals surface area contributed by atoms with E-state index in [1.165, 1.54) is 10.4 Å². The van der Waals surface area contributed by atoms with Gasteiger partial charge in [-0.3, -0.25) is 4.79 Å². The predicted molar refractivity (Wildman–Crippen MR) is 112 cm³/mol. The monoisotopic (exact) mass is 567 g/mol. The van der Waals surface area contributed by atoms with Crippen molar-refractivity contribution in [3.05, 3.63) is 40.8 Å². The number of thiophene rings is 1. The molecule has 0 unspecified atom stereocenters. The van der Waals surface area contributed by atoms with E-state index in [0.717, 1.165) is 37.2 Å². The summed E-state index contributed by atoms with van der Waals surface area (Å²) in [7, 11) is 2.10. The van der Waals surface area contributed by atoms with Crippen molar-refractivity contribution in [2.45, 2.75) is 19.1 Å². The molecule has 5 nitrogen and oxygen atoms in total. The zero-order valence-corrected chi connectivity index (χ0v) is 18.0. The molecule has 3 N–H and O–H groups in total. The van der Waals surface area contributed by atoms with Crippen LogP contribution in [0, 0.1) is 7.14 Å². The van der Waals surface area contributed by atoms with Crippen LogP contribution in [0.25, 0.3) is 0 Å². The molecule has 0 aliphatic carbocycles. The van der Waals surface area contributed by atoms with Gasteiger partial charge >= 0.3 is 0 Å². The number of phenolic OH excluding ortho intramolecular Hbond substituents is 1. The topological polar surface area (TPSA) is 64.6 Å². The molecule has 2 aromatic rings. The van der Waals surface area contributed by atoms with Gasteiger partial charge in [-0.25, -0.2) is 0 Å². The maximum Gasteiger partial charge on any atom is 0.256 e. The number of rotatable bonds is 1. The Bertz CT molecular complexity index is 852. The second-order valence-corrected chi connectivity index (χ2v) is 9.58. The molecule has 1 atom stereocenters. The molecule has 0 bridgehead atoms. The highest BCUT2D eigenvalue weighted by atomic mass is 127. The first kappa shape index (κ1) is 16.9. The molecular formula is C16H15I2N3O2S. The molecular weight excluding hydrogens is 552 g/mol. The van der Waals surface area contributed by atoms with E-state index >= 15 is 0 Å². The van der Waals surface area contributed by atoms with Crippen molar-refractivity contribution in [2.24, 2.45) is 0 Å². The summed E-state index contributed by atoms with van der Waals surface area (Å²) in [5.74, 6) is 0.169. The summed E-state index contributed by atoms with van der Waals surface area (Å²) in [6, 6.07) is 3.82. The number of benzene rings is 1. The number of aromatic hydroxyl groups is 1. The van der Waals surface area contributed by atoms with Crippen LogP contribution in [-0.4, -0.2) is 29.5 Å². The Labute approximate surface area is 171 Å². The number of nitrogens with one attached hydrogen (secondary N) is 2. The van der Waals surface area contributed by atoms with Crippen molar-refractivity contribution in [3.63, 3.8) is 0 Å². The number of carbonyl (C=O) groups is 1. The largest absolute Gasteiger partial charge is 0.506 e. The summed E-state index contributed by atoms with van der Waals surface area (Å²) in [6.45, 7) is 1.86. The number of halogens is 2. The molecule has 2 aliphatic heterocycles. The zero-order chi connectivity index (χ0) is 17.0. The number of hydrogen-bond donors (Lipinski definition) is 3. The summed E-state index contributed by atoms with van der Waals surface area (Å²) >= 11 is 5.99. The first-order chi connectivity index (χ1) is 11.4. The third-order valence-electron chi connectivity index (χ3n) is 4.39. The van der Waals surface area contributed by atoms with E-state index in [9.17, 15) is 9.90 Å². The predicted octanol–water partition coefficient (Wildman–Crippen LogP) is 3.50. The Morgan fingerprint density at radius 1 is 1.33 bits per heavy atom. The van der Waals surface area contributed by atoms with Gasteiger partial charge in [0.2, 0.25) is 0 Å². The fourth-order valence-corrected chi connectivity index (χ4v) is 6.45. The van der Waals surface area contributed by atoms with E-state index in [4.69, 9.17) is 0 Å². The van der Waals surface area contributed by atoms with Gasteiger partial charge in [-0.15, -0.1) is 11.3 Å². The van der Waals surface area contributed by atoms with Gasteiger partial charge in [0.15, 0.2) is 0 Å². The van der Waals surface area contributed by atoms with Gasteiger partial charge in [-0.1, -0.05) is 0 Å². The summed E-state index contributed by atoms with van der Waals surface area (Å²) in [4.78, 5) is 16.3. The summed E-state index contributed by atoms with van der Waals surface area (Å²) in [5.41, 5.74) is 2.67. The lowest BCUT2D eigenvalue weighted by Gasteiger charge is -2.28. The number of fused-ring (bicyclic) bond motifs is 3. The minimum Gasteiger partial charge on any atom is -0.506 e. The number of hydrogen-bond acceptors (Lipinski definition) is 5. The van der Waals surface area contributed by atoms with Crippen LogP contribution in [0.1, 0.15) is 32.5 Å². The standard InChI is InChI=1S/C16H15I2N3O2S/c1-21-3-2-8-11(6-21)24-16-12(8)15(23)19-14(20-16)9-4-7(17)5-10(18)13(9)22/h4-5,14,20,22H,2-3,6H2,1H3,(H,19,23)/t14-/m0/s1. The van der Waals surface area contributed by atoms with Gasteiger partial charge in [0.05, 0.1) is 9.13 Å². The fraction of sp³-hybridized carbons (Fsp3) is 0.312. The highest BCUT2D eigenvalue weighted by Crippen LogP contribution is 2.42. The van der Waals surface area contributed by atoms with Gasteiger partial charge in [0, 0.05) is 27.1 Å². The Hall–Kier alpha value is -0.590. The summed E-state index contributed by atoms with van der Waals surface area (Å²) in [6.07, 6.45) is 0.496. The highest BCUT2D eigenvalue weighted by Gasteiger charge is 2.33. The number of nitrogens with zero attached hydrogens (tertiary/aromatic N) is 1. The van der Waals surface area contributed by atoms with E-state index in [1.807, 2.05) is 12.1 Å². The molecule has 0 saturated heterocycles. The second kappa shape index (κ2) is 6.29. The Kier molecular flexibility index (Phi) is 4.42. The smallest absolute Gasteiger partial charge is 0.256 e. The van der Waals surface area contributed by atoms with Crippen LogP contribution in [0.5, 0.6) is 5.75 Å².